The minimum absolute atomic E-state index is 0.269. The summed E-state index contributed by atoms with van der Waals surface area (Å²) in [5.41, 5.74) is 3.76. The first-order valence-electron chi connectivity index (χ1n) is 9.79. The number of anilines is 1. The number of nitrogens with one attached hydrogen (secondary N) is 2. The van der Waals surface area contributed by atoms with Crippen LogP contribution in [0.2, 0.25) is 0 Å². The SMILES string of the molecule is O=C(Nc1ccc(Oc2ccnc3[nH]ccc23)cc1)c1cc(-c2ccccc2)ccn1. The third-order valence-corrected chi connectivity index (χ3v) is 4.86. The van der Waals surface area contributed by atoms with E-state index in [1.807, 2.05) is 66.9 Å². The fourth-order valence-electron chi connectivity index (χ4n) is 3.32. The number of H-pyrrole nitrogens is 1. The van der Waals surface area contributed by atoms with Crippen molar-refractivity contribution in [2.45, 2.75) is 0 Å². The van der Waals surface area contributed by atoms with Crippen molar-refractivity contribution in [2.75, 3.05) is 5.32 Å². The van der Waals surface area contributed by atoms with Crippen LogP contribution < -0.4 is 10.1 Å². The number of carbonyl (C=O) groups excluding carboxylic acids is 1. The number of ether oxygens (including phenoxy) is 1. The van der Waals surface area contributed by atoms with E-state index in [1.165, 1.54) is 0 Å². The summed E-state index contributed by atoms with van der Waals surface area (Å²) in [7, 11) is 0. The third-order valence-electron chi connectivity index (χ3n) is 4.86. The molecule has 6 nitrogen and oxygen atoms in total. The normalized spacial score (nSPS) is 10.7. The van der Waals surface area contributed by atoms with Crippen LogP contribution in [-0.4, -0.2) is 20.9 Å². The van der Waals surface area contributed by atoms with Gasteiger partial charge in [-0.1, -0.05) is 30.3 Å². The summed E-state index contributed by atoms with van der Waals surface area (Å²) < 4.78 is 5.97. The van der Waals surface area contributed by atoms with E-state index < -0.39 is 0 Å². The molecule has 1 amide bonds. The second-order valence-electron chi connectivity index (χ2n) is 6.93. The van der Waals surface area contributed by atoms with E-state index in [1.54, 1.807) is 30.6 Å². The first-order valence-corrected chi connectivity index (χ1v) is 9.79. The van der Waals surface area contributed by atoms with Crippen molar-refractivity contribution in [2.24, 2.45) is 0 Å². The van der Waals surface area contributed by atoms with Gasteiger partial charge in [-0.2, -0.15) is 0 Å². The molecule has 0 saturated carbocycles. The van der Waals surface area contributed by atoms with Gasteiger partial charge < -0.3 is 15.0 Å². The molecule has 0 fully saturated rings. The maximum absolute atomic E-state index is 12.7. The highest BCUT2D eigenvalue weighted by Gasteiger charge is 2.10. The molecule has 0 aliphatic heterocycles. The minimum Gasteiger partial charge on any atom is -0.457 e. The number of benzene rings is 2. The van der Waals surface area contributed by atoms with Crippen LogP contribution in [0.15, 0.2) is 97.5 Å². The van der Waals surface area contributed by atoms with Gasteiger partial charge in [0.1, 0.15) is 22.8 Å². The second kappa shape index (κ2) is 8.12. The Balaban J connectivity index is 1.30. The number of pyridine rings is 2. The molecule has 150 valence electrons. The molecule has 2 N–H and O–H groups in total. The van der Waals surface area contributed by atoms with Gasteiger partial charge in [-0.3, -0.25) is 9.78 Å². The molecule has 0 spiro atoms. The van der Waals surface area contributed by atoms with Crippen LogP contribution in [-0.2, 0) is 0 Å². The summed E-state index contributed by atoms with van der Waals surface area (Å²) in [5.74, 6) is 1.11. The summed E-state index contributed by atoms with van der Waals surface area (Å²) in [6.07, 6.45) is 5.16. The lowest BCUT2D eigenvalue weighted by atomic mass is 10.1. The average molecular weight is 406 g/mol. The molecule has 0 saturated heterocycles. The molecule has 0 aliphatic carbocycles. The van der Waals surface area contributed by atoms with E-state index in [0.717, 1.165) is 22.2 Å². The highest BCUT2D eigenvalue weighted by atomic mass is 16.5. The Bertz CT molecular complexity index is 1350. The molecule has 3 heterocycles. The number of carbonyl (C=O) groups is 1. The lowest BCUT2D eigenvalue weighted by Gasteiger charge is -2.09. The zero-order chi connectivity index (χ0) is 21.0. The van der Waals surface area contributed by atoms with Gasteiger partial charge in [-0.15, -0.1) is 0 Å². The third kappa shape index (κ3) is 4.00. The first kappa shape index (κ1) is 18.6. The number of aromatic nitrogens is 3. The fraction of sp³-hybridized carbons (Fsp3) is 0. The number of aromatic amines is 1. The Morgan fingerprint density at radius 1 is 0.839 bits per heavy atom. The maximum atomic E-state index is 12.7. The Morgan fingerprint density at radius 2 is 1.65 bits per heavy atom. The Hall–Kier alpha value is -4.45. The summed E-state index contributed by atoms with van der Waals surface area (Å²) in [5, 5.41) is 3.79. The average Bonchev–Trinajstić information content (AvgIpc) is 3.31. The highest BCUT2D eigenvalue weighted by Crippen LogP contribution is 2.29. The number of amides is 1. The largest absolute Gasteiger partial charge is 0.457 e. The zero-order valence-electron chi connectivity index (χ0n) is 16.4. The van der Waals surface area contributed by atoms with Gasteiger partial charge >= 0.3 is 0 Å². The molecular weight excluding hydrogens is 388 g/mol. The molecule has 5 aromatic rings. The van der Waals surface area contributed by atoms with E-state index in [2.05, 4.69) is 20.3 Å². The van der Waals surface area contributed by atoms with Gasteiger partial charge in [0.05, 0.1) is 5.39 Å². The fourth-order valence-corrected chi connectivity index (χ4v) is 3.32. The van der Waals surface area contributed by atoms with Crippen molar-refractivity contribution in [1.29, 1.82) is 0 Å². The number of rotatable bonds is 5. The first-order chi connectivity index (χ1) is 15.3. The molecule has 3 aromatic heterocycles. The van der Waals surface area contributed by atoms with Gasteiger partial charge in [-0.25, -0.2) is 4.98 Å². The molecule has 2 aromatic carbocycles. The highest BCUT2D eigenvalue weighted by molar-refractivity contribution is 6.03. The predicted octanol–water partition coefficient (Wildman–Crippen LogP) is 5.67. The molecule has 6 heteroatoms. The molecule has 5 rings (SSSR count). The molecule has 0 unspecified atom stereocenters. The minimum atomic E-state index is -0.269. The molecule has 0 aliphatic rings. The number of fused-ring (bicyclic) bond motifs is 1. The topological polar surface area (TPSA) is 79.9 Å². The van der Waals surface area contributed by atoms with Gasteiger partial charge in [0.25, 0.3) is 5.91 Å². The van der Waals surface area contributed by atoms with Crippen LogP contribution >= 0.6 is 0 Å². The summed E-state index contributed by atoms with van der Waals surface area (Å²) in [6, 6.07) is 24.5. The van der Waals surface area contributed by atoms with Gasteiger partial charge in [0.15, 0.2) is 0 Å². The van der Waals surface area contributed by atoms with Crippen LogP contribution in [0.4, 0.5) is 5.69 Å². The monoisotopic (exact) mass is 406 g/mol. The van der Waals surface area contributed by atoms with Crippen molar-refractivity contribution in [3.8, 4) is 22.6 Å². The van der Waals surface area contributed by atoms with Crippen LogP contribution in [0.5, 0.6) is 11.5 Å². The lowest BCUT2D eigenvalue weighted by molar-refractivity contribution is 0.102. The van der Waals surface area contributed by atoms with E-state index >= 15 is 0 Å². The van der Waals surface area contributed by atoms with Gasteiger partial charge in [0, 0.05) is 24.3 Å². The second-order valence-corrected chi connectivity index (χ2v) is 6.93. The Morgan fingerprint density at radius 3 is 2.48 bits per heavy atom. The molecule has 0 bridgehead atoms. The van der Waals surface area contributed by atoms with Gasteiger partial charge in [-0.05, 0) is 59.7 Å². The molecule has 0 radical (unpaired) electrons. The van der Waals surface area contributed by atoms with E-state index in [-0.39, 0.29) is 5.91 Å². The molecular formula is C25H18N4O2. The molecule has 0 atom stereocenters. The van der Waals surface area contributed by atoms with Crippen molar-refractivity contribution in [3.63, 3.8) is 0 Å². The van der Waals surface area contributed by atoms with Crippen LogP contribution in [0.1, 0.15) is 10.5 Å². The van der Waals surface area contributed by atoms with Crippen molar-refractivity contribution >= 4 is 22.6 Å². The van der Waals surface area contributed by atoms with Crippen LogP contribution in [0, 0.1) is 0 Å². The van der Waals surface area contributed by atoms with Crippen molar-refractivity contribution < 1.29 is 9.53 Å². The van der Waals surface area contributed by atoms with Crippen LogP contribution in [0.25, 0.3) is 22.2 Å². The summed E-state index contributed by atoms with van der Waals surface area (Å²) in [4.78, 5) is 24.2. The Labute approximate surface area is 178 Å². The Kier molecular flexibility index (Phi) is 4.86. The number of nitrogens with zero attached hydrogens (tertiary/aromatic N) is 2. The maximum Gasteiger partial charge on any atom is 0.274 e. The number of hydrogen-bond donors (Lipinski definition) is 2. The van der Waals surface area contributed by atoms with Crippen molar-refractivity contribution in [3.05, 3.63) is 103 Å². The molecule has 31 heavy (non-hydrogen) atoms. The van der Waals surface area contributed by atoms with E-state index in [9.17, 15) is 4.79 Å². The number of hydrogen-bond acceptors (Lipinski definition) is 4. The summed E-state index contributed by atoms with van der Waals surface area (Å²) in [6.45, 7) is 0. The van der Waals surface area contributed by atoms with E-state index in [4.69, 9.17) is 4.74 Å². The quantitative estimate of drug-likeness (QED) is 0.394. The zero-order valence-corrected chi connectivity index (χ0v) is 16.4. The lowest BCUT2D eigenvalue weighted by Crippen LogP contribution is -2.13. The van der Waals surface area contributed by atoms with Crippen LogP contribution in [0.3, 0.4) is 0 Å². The van der Waals surface area contributed by atoms with Crippen molar-refractivity contribution in [1.82, 2.24) is 15.0 Å². The smallest absolute Gasteiger partial charge is 0.274 e. The standard InChI is InChI=1S/C25H18N4O2/c30-25(22-16-18(10-13-26-22)17-4-2-1-3-5-17)29-19-6-8-20(9-7-19)31-23-12-15-28-24-21(23)11-14-27-24/h1-16H,(H,27,28)(H,29,30). The van der Waals surface area contributed by atoms with Gasteiger partial charge in [0.2, 0.25) is 0 Å². The predicted molar refractivity (Wildman–Crippen MR) is 120 cm³/mol. The van der Waals surface area contributed by atoms with E-state index in [0.29, 0.717) is 22.9 Å². The summed E-state index contributed by atoms with van der Waals surface area (Å²) >= 11 is 0.